The van der Waals surface area contributed by atoms with E-state index in [2.05, 4.69) is 0 Å². The molecular weight excluding hydrogens is 178 g/mol. The monoisotopic (exact) mass is 184 g/mol. The number of rotatable bonds is 0. The van der Waals surface area contributed by atoms with E-state index in [1.54, 1.807) is 6.92 Å². The molecule has 0 aliphatic carbocycles. The second-order valence-corrected chi connectivity index (χ2v) is 0.289. The smallest absolute Gasteiger partial charge is 0 e. The van der Waals surface area contributed by atoms with E-state index in [0.717, 1.165) is 0 Å². The van der Waals surface area contributed by atoms with Crippen LogP contribution in [0.25, 0.3) is 0 Å². The predicted molar refractivity (Wildman–Crippen MR) is 14.2 cm³/mol. The van der Waals surface area contributed by atoms with Gasteiger partial charge in [-0.3, -0.25) is 0 Å². The zero-order valence-electron chi connectivity index (χ0n) is 3.82. The molecule has 0 heterocycles. The summed E-state index contributed by atoms with van der Waals surface area (Å²) in [6, 6.07) is 0. The molecule has 0 rings (SSSR count). The SMILES string of the molecule is CC[O-].O.[Cl-].[Cl-].[V]. The van der Waals surface area contributed by atoms with E-state index in [9.17, 15) is 0 Å². The van der Waals surface area contributed by atoms with E-state index in [-0.39, 0.29) is 55.5 Å². The van der Waals surface area contributed by atoms with E-state index in [1.165, 1.54) is 0 Å². The van der Waals surface area contributed by atoms with Crippen molar-refractivity contribution in [3.8, 4) is 0 Å². The molecule has 7 heavy (non-hydrogen) atoms. The zero-order chi connectivity index (χ0) is 2.71. The maximum absolute atomic E-state index is 8.93. The molecule has 0 unspecified atom stereocenters. The molecule has 0 saturated carbocycles. The van der Waals surface area contributed by atoms with Crippen LogP contribution < -0.4 is 29.9 Å². The van der Waals surface area contributed by atoms with Gasteiger partial charge < -0.3 is 35.4 Å². The minimum atomic E-state index is 0. The van der Waals surface area contributed by atoms with Gasteiger partial charge in [-0.15, -0.1) is 6.61 Å². The van der Waals surface area contributed by atoms with E-state index >= 15 is 0 Å². The van der Waals surface area contributed by atoms with E-state index in [0.29, 0.717) is 0 Å². The van der Waals surface area contributed by atoms with Gasteiger partial charge in [0.25, 0.3) is 0 Å². The molecular formula is C2H7Cl2O2V-3. The van der Waals surface area contributed by atoms with Crippen molar-refractivity contribution in [2.24, 2.45) is 0 Å². The van der Waals surface area contributed by atoms with Gasteiger partial charge in [0.2, 0.25) is 0 Å². The van der Waals surface area contributed by atoms with Gasteiger partial charge in [0, 0.05) is 18.6 Å². The number of hydrogen-bond donors (Lipinski definition) is 0. The van der Waals surface area contributed by atoms with Crippen LogP contribution in [0.1, 0.15) is 6.92 Å². The molecule has 0 aliphatic rings. The molecule has 0 aromatic carbocycles. The van der Waals surface area contributed by atoms with E-state index < -0.39 is 0 Å². The van der Waals surface area contributed by atoms with Crippen LogP contribution in [0.3, 0.4) is 0 Å². The topological polar surface area (TPSA) is 54.6 Å². The maximum Gasteiger partial charge on any atom is 0 e. The molecule has 2 nitrogen and oxygen atoms in total. The van der Waals surface area contributed by atoms with Crippen LogP contribution in [0.4, 0.5) is 0 Å². The normalized spacial score (nSPS) is 2.57. The Labute approximate surface area is 67.7 Å². The Kier molecular flexibility index (Phi) is 368. The van der Waals surface area contributed by atoms with Crippen LogP contribution in [0, 0.1) is 0 Å². The van der Waals surface area contributed by atoms with Gasteiger partial charge >= 0.3 is 0 Å². The summed E-state index contributed by atoms with van der Waals surface area (Å²) >= 11 is 0. The minimum Gasteiger partial charge on any atom is -1.00 e. The Morgan fingerprint density at radius 2 is 1.29 bits per heavy atom. The third kappa shape index (κ3) is 156. The van der Waals surface area contributed by atoms with Crippen LogP contribution in [-0.4, -0.2) is 12.1 Å². The fourth-order valence-electron chi connectivity index (χ4n) is 0. The summed E-state index contributed by atoms with van der Waals surface area (Å²) < 4.78 is 0. The van der Waals surface area contributed by atoms with Gasteiger partial charge in [-0.2, -0.15) is 0 Å². The summed E-state index contributed by atoms with van der Waals surface area (Å²) in [6.07, 6.45) is 0. The molecule has 0 saturated heterocycles. The molecule has 5 heteroatoms. The summed E-state index contributed by atoms with van der Waals surface area (Å²) in [5.74, 6) is 0. The largest absolute Gasteiger partial charge is 1.00 e. The van der Waals surface area contributed by atoms with Crippen LogP contribution in [0.2, 0.25) is 0 Å². The maximum atomic E-state index is 8.93. The number of hydrogen-bond acceptors (Lipinski definition) is 1. The standard InChI is InChI=1S/C2H5O.2ClH.H2O.V/c1-2-3;;;;/h2H2,1H3;2*1H;1H2;/q-1;;;;/p-2. The Morgan fingerprint density at radius 3 is 1.29 bits per heavy atom. The first kappa shape index (κ1) is 42.6. The van der Waals surface area contributed by atoms with Crippen molar-refractivity contribution in [3.63, 3.8) is 0 Å². The van der Waals surface area contributed by atoms with E-state index in [1.807, 2.05) is 0 Å². The molecule has 49 valence electrons. The first-order valence-electron chi connectivity index (χ1n) is 0.996. The molecule has 0 fully saturated rings. The van der Waals surface area contributed by atoms with Crippen LogP contribution in [0.15, 0.2) is 0 Å². The van der Waals surface area contributed by atoms with Crippen LogP contribution >= 0.6 is 0 Å². The molecule has 0 bridgehead atoms. The molecule has 1 radical (unpaired) electrons. The van der Waals surface area contributed by atoms with Gasteiger partial charge in [-0.1, -0.05) is 6.92 Å². The predicted octanol–water partition coefficient (Wildman–Crippen LogP) is -7.45. The Morgan fingerprint density at radius 1 is 1.29 bits per heavy atom. The summed E-state index contributed by atoms with van der Waals surface area (Å²) in [4.78, 5) is 0. The Hall–Kier alpha value is 1.08. The average molecular weight is 185 g/mol. The molecule has 2 N–H and O–H groups in total. The van der Waals surface area contributed by atoms with Gasteiger partial charge in [-0.05, 0) is 0 Å². The first-order chi connectivity index (χ1) is 1.41. The summed E-state index contributed by atoms with van der Waals surface area (Å²) in [6.45, 7) is 1.57. The van der Waals surface area contributed by atoms with Crippen molar-refractivity contribution in [1.82, 2.24) is 0 Å². The van der Waals surface area contributed by atoms with E-state index in [4.69, 9.17) is 5.11 Å². The van der Waals surface area contributed by atoms with Gasteiger partial charge in [0.15, 0.2) is 0 Å². The van der Waals surface area contributed by atoms with Crippen LogP contribution in [0.5, 0.6) is 0 Å². The second-order valence-electron chi connectivity index (χ2n) is 0.289. The third-order valence-corrected chi connectivity index (χ3v) is 0. The molecule has 0 aliphatic heterocycles. The Bertz CT molecular complexity index is 13.7. The fourth-order valence-corrected chi connectivity index (χ4v) is 0. The van der Waals surface area contributed by atoms with Crippen LogP contribution in [-0.2, 0) is 18.6 Å². The summed E-state index contributed by atoms with van der Waals surface area (Å²) in [5, 5.41) is 8.93. The van der Waals surface area contributed by atoms with Gasteiger partial charge in [-0.25, -0.2) is 0 Å². The number of halogens is 2. The van der Waals surface area contributed by atoms with Crippen molar-refractivity contribution in [2.75, 3.05) is 6.61 Å². The average Bonchev–Trinajstić information content (AvgIpc) is 0.918. The molecule has 0 amide bonds. The van der Waals surface area contributed by atoms with Crippen molar-refractivity contribution in [1.29, 1.82) is 0 Å². The minimum absolute atomic E-state index is 0. The quantitative estimate of drug-likeness (QED) is 0.369. The fraction of sp³-hybridized carbons (Fsp3) is 1.00. The zero-order valence-corrected chi connectivity index (χ0v) is 6.73. The second kappa shape index (κ2) is 60.4. The summed E-state index contributed by atoms with van der Waals surface area (Å²) in [7, 11) is 0. The third-order valence-electron chi connectivity index (χ3n) is 0. The summed E-state index contributed by atoms with van der Waals surface area (Å²) in [5.41, 5.74) is 0. The Balaban J connectivity index is -0.00000000333. The molecule has 0 aromatic heterocycles. The van der Waals surface area contributed by atoms with Gasteiger partial charge in [0.05, 0.1) is 0 Å². The van der Waals surface area contributed by atoms with Crippen molar-refractivity contribution in [3.05, 3.63) is 0 Å². The first-order valence-corrected chi connectivity index (χ1v) is 0.996. The van der Waals surface area contributed by atoms with Crippen molar-refractivity contribution >= 4 is 0 Å². The molecule has 0 aromatic rings. The van der Waals surface area contributed by atoms with Crippen molar-refractivity contribution in [2.45, 2.75) is 6.92 Å². The van der Waals surface area contributed by atoms with Gasteiger partial charge in [0.1, 0.15) is 0 Å². The van der Waals surface area contributed by atoms with Crippen molar-refractivity contribution < 1.29 is 54.0 Å². The molecule has 0 atom stereocenters. The molecule has 0 spiro atoms.